The summed E-state index contributed by atoms with van der Waals surface area (Å²) in [5.74, 6) is 0.512. The van der Waals surface area contributed by atoms with Gasteiger partial charge in [0.1, 0.15) is 17.3 Å². The van der Waals surface area contributed by atoms with E-state index in [0.29, 0.717) is 18.8 Å². The third kappa shape index (κ3) is 8.78. The second-order valence-electron chi connectivity index (χ2n) is 5.23. The maximum Gasteiger partial charge on any atom is 0.134 e. The Morgan fingerprint density at radius 1 is 0.882 bits per heavy atom. The Morgan fingerprint density at radius 3 is 1.88 bits per heavy atom. The Kier molecular flexibility index (Phi) is 7.68. The van der Waals surface area contributed by atoms with Crippen LogP contribution in [0.2, 0.25) is 0 Å². The number of hydrogen-bond donors (Lipinski definition) is 0. The molecule has 1 unspecified atom stereocenters. The molecule has 0 amide bonds. The standard InChI is InChI=1S/C14H24O3/c1-10(2)5-6-13(16)7-8-14(17)9-11(3)12(4)15/h10-11H,5-9H2,1-4H3. The first-order valence-corrected chi connectivity index (χ1v) is 6.36. The lowest BCUT2D eigenvalue weighted by atomic mass is 9.97. The third-order valence-electron chi connectivity index (χ3n) is 2.91. The summed E-state index contributed by atoms with van der Waals surface area (Å²) >= 11 is 0. The van der Waals surface area contributed by atoms with Gasteiger partial charge in [-0.1, -0.05) is 20.8 Å². The minimum absolute atomic E-state index is 0.0191. The van der Waals surface area contributed by atoms with E-state index in [0.717, 1.165) is 6.42 Å². The fraction of sp³-hybridized carbons (Fsp3) is 0.786. The summed E-state index contributed by atoms with van der Waals surface area (Å²) in [6, 6.07) is 0. The van der Waals surface area contributed by atoms with E-state index >= 15 is 0 Å². The van der Waals surface area contributed by atoms with Gasteiger partial charge in [-0.25, -0.2) is 0 Å². The Balaban J connectivity index is 3.77. The third-order valence-corrected chi connectivity index (χ3v) is 2.91. The van der Waals surface area contributed by atoms with Gasteiger partial charge in [-0.15, -0.1) is 0 Å². The quantitative estimate of drug-likeness (QED) is 0.622. The molecule has 0 aliphatic carbocycles. The lowest BCUT2D eigenvalue weighted by Crippen LogP contribution is -2.13. The van der Waals surface area contributed by atoms with Crippen LogP contribution in [-0.2, 0) is 14.4 Å². The molecule has 0 aliphatic heterocycles. The monoisotopic (exact) mass is 240 g/mol. The number of Topliss-reactive ketones (excluding diaryl/α,β-unsaturated/α-hetero) is 3. The molecule has 0 aromatic carbocycles. The number of hydrogen-bond acceptors (Lipinski definition) is 3. The zero-order chi connectivity index (χ0) is 13.4. The number of ketones is 3. The van der Waals surface area contributed by atoms with Gasteiger partial charge in [0.15, 0.2) is 0 Å². The van der Waals surface area contributed by atoms with E-state index in [2.05, 4.69) is 13.8 Å². The van der Waals surface area contributed by atoms with E-state index in [1.54, 1.807) is 6.92 Å². The highest BCUT2D eigenvalue weighted by atomic mass is 16.1. The Hall–Kier alpha value is -0.990. The average molecular weight is 240 g/mol. The molecule has 98 valence electrons. The van der Waals surface area contributed by atoms with E-state index < -0.39 is 0 Å². The molecule has 0 aromatic heterocycles. The predicted molar refractivity (Wildman–Crippen MR) is 67.8 cm³/mol. The molecule has 0 spiro atoms. The SMILES string of the molecule is CC(=O)C(C)CC(=O)CCC(=O)CCC(C)C. The molecule has 0 rings (SSSR count). The van der Waals surface area contributed by atoms with E-state index in [9.17, 15) is 14.4 Å². The van der Waals surface area contributed by atoms with Crippen molar-refractivity contribution in [3.8, 4) is 0 Å². The van der Waals surface area contributed by atoms with Crippen LogP contribution in [0.4, 0.5) is 0 Å². The van der Waals surface area contributed by atoms with Crippen LogP contribution < -0.4 is 0 Å². The maximum atomic E-state index is 11.5. The molecule has 0 saturated carbocycles. The van der Waals surface area contributed by atoms with E-state index in [-0.39, 0.29) is 36.1 Å². The van der Waals surface area contributed by atoms with Crippen LogP contribution in [0, 0.1) is 11.8 Å². The molecular weight excluding hydrogens is 216 g/mol. The highest BCUT2D eigenvalue weighted by Gasteiger charge is 2.14. The molecule has 0 bridgehead atoms. The van der Waals surface area contributed by atoms with E-state index in [1.807, 2.05) is 0 Å². The normalized spacial score (nSPS) is 12.5. The summed E-state index contributed by atoms with van der Waals surface area (Å²) in [7, 11) is 0. The summed E-state index contributed by atoms with van der Waals surface area (Å²) < 4.78 is 0. The van der Waals surface area contributed by atoms with Crippen molar-refractivity contribution >= 4 is 17.3 Å². The van der Waals surface area contributed by atoms with E-state index in [4.69, 9.17) is 0 Å². The van der Waals surface area contributed by atoms with Gasteiger partial charge in [0.2, 0.25) is 0 Å². The zero-order valence-electron chi connectivity index (χ0n) is 11.4. The van der Waals surface area contributed by atoms with Crippen molar-refractivity contribution in [1.29, 1.82) is 0 Å². The lowest BCUT2D eigenvalue weighted by Gasteiger charge is -2.06. The lowest BCUT2D eigenvalue weighted by molar-refractivity contribution is -0.127. The van der Waals surface area contributed by atoms with Crippen molar-refractivity contribution in [3.05, 3.63) is 0 Å². The number of carbonyl (C=O) groups is 3. The Bertz CT molecular complexity index is 279. The van der Waals surface area contributed by atoms with Crippen molar-refractivity contribution in [2.45, 2.75) is 59.8 Å². The van der Waals surface area contributed by atoms with Crippen LogP contribution in [0.5, 0.6) is 0 Å². The summed E-state index contributed by atoms with van der Waals surface area (Å²) in [5, 5.41) is 0. The first kappa shape index (κ1) is 16.0. The van der Waals surface area contributed by atoms with Crippen molar-refractivity contribution in [3.63, 3.8) is 0 Å². The van der Waals surface area contributed by atoms with Crippen LogP contribution in [0.1, 0.15) is 59.8 Å². The number of rotatable bonds is 9. The first-order valence-electron chi connectivity index (χ1n) is 6.36. The second-order valence-corrected chi connectivity index (χ2v) is 5.23. The molecule has 0 heterocycles. The van der Waals surface area contributed by atoms with Gasteiger partial charge >= 0.3 is 0 Å². The highest BCUT2D eigenvalue weighted by molar-refractivity contribution is 5.89. The van der Waals surface area contributed by atoms with Gasteiger partial charge in [0.05, 0.1) is 0 Å². The summed E-state index contributed by atoms with van der Waals surface area (Å²) in [6.45, 7) is 7.40. The minimum atomic E-state index is -0.215. The van der Waals surface area contributed by atoms with Gasteiger partial charge < -0.3 is 0 Å². The summed E-state index contributed by atoms with van der Waals surface area (Å²) in [6.07, 6.45) is 2.33. The largest absolute Gasteiger partial charge is 0.300 e. The molecule has 0 saturated heterocycles. The molecule has 3 nitrogen and oxygen atoms in total. The highest BCUT2D eigenvalue weighted by Crippen LogP contribution is 2.10. The summed E-state index contributed by atoms with van der Waals surface area (Å²) in [4.78, 5) is 33.9. The van der Waals surface area contributed by atoms with Crippen LogP contribution in [0.3, 0.4) is 0 Å². The average Bonchev–Trinajstić information content (AvgIpc) is 2.23. The molecular formula is C14H24O3. The van der Waals surface area contributed by atoms with Gasteiger partial charge in [-0.05, 0) is 19.3 Å². The molecule has 3 heteroatoms. The fourth-order valence-electron chi connectivity index (χ4n) is 1.44. The molecule has 0 aromatic rings. The number of carbonyl (C=O) groups excluding carboxylic acids is 3. The topological polar surface area (TPSA) is 51.2 Å². The Morgan fingerprint density at radius 2 is 1.41 bits per heavy atom. The maximum absolute atomic E-state index is 11.5. The first-order chi connectivity index (χ1) is 7.82. The molecule has 0 N–H and O–H groups in total. The van der Waals surface area contributed by atoms with Crippen LogP contribution in [-0.4, -0.2) is 17.3 Å². The van der Waals surface area contributed by atoms with Crippen molar-refractivity contribution in [2.75, 3.05) is 0 Å². The molecule has 1 atom stereocenters. The van der Waals surface area contributed by atoms with Crippen LogP contribution >= 0.6 is 0 Å². The van der Waals surface area contributed by atoms with Gasteiger partial charge in [-0.2, -0.15) is 0 Å². The summed E-state index contributed by atoms with van der Waals surface area (Å²) in [5.41, 5.74) is 0. The Labute approximate surface area is 104 Å². The van der Waals surface area contributed by atoms with Crippen molar-refractivity contribution in [2.24, 2.45) is 11.8 Å². The molecule has 0 fully saturated rings. The van der Waals surface area contributed by atoms with Gasteiger partial charge in [-0.3, -0.25) is 14.4 Å². The predicted octanol–water partition coefficient (Wildman–Crippen LogP) is 2.96. The molecule has 17 heavy (non-hydrogen) atoms. The van der Waals surface area contributed by atoms with Gasteiger partial charge in [0.25, 0.3) is 0 Å². The second kappa shape index (κ2) is 8.15. The minimum Gasteiger partial charge on any atom is -0.300 e. The molecule has 0 aliphatic rings. The van der Waals surface area contributed by atoms with Crippen molar-refractivity contribution < 1.29 is 14.4 Å². The fourth-order valence-corrected chi connectivity index (χ4v) is 1.44. The zero-order valence-corrected chi connectivity index (χ0v) is 11.4. The van der Waals surface area contributed by atoms with Crippen LogP contribution in [0.15, 0.2) is 0 Å². The van der Waals surface area contributed by atoms with Crippen LogP contribution in [0.25, 0.3) is 0 Å². The van der Waals surface area contributed by atoms with Gasteiger partial charge in [0, 0.05) is 31.6 Å². The molecule has 0 radical (unpaired) electrons. The smallest absolute Gasteiger partial charge is 0.134 e. The van der Waals surface area contributed by atoms with E-state index in [1.165, 1.54) is 6.92 Å². The van der Waals surface area contributed by atoms with Crippen molar-refractivity contribution in [1.82, 2.24) is 0 Å².